The maximum absolute atomic E-state index is 13.0. The summed E-state index contributed by atoms with van der Waals surface area (Å²) in [6.45, 7) is 1.02. The van der Waals surface area contributed by atoms with E-state index in [4.69, 9.17) is 9.47 Å². The molecule has 1 aliphatic carbocycles. The van der Waals surface area contributed by atoms with Gasteiger partial charge in [0.05, 0.1) is 11.6 Å². The fourth-order valence-electron chi connectivity index (χ4n) is 3.84. The Bertz CT molecular complexity index is 1130. The van der Waals surface area contributed by atoms with Crippen molar-refractivity contribution in [2.45, 2.75) is 25.2 Å². The lowest BCUT2D eigenvalue weighted by molar-refractivity contribution is -0.117. The van der Waals surface area contributed by atoms with Gasteiger partial charge in [0, 0.05) is 22.2 Å². The van der Waals surface area contributed by atoms with Crippen LogP contribution in [-0.4, -0.2) is 30.0 Å². The van der Waals surface area contributed by atoms with E-state index in [2.05, 4.69) is 15.6 Å². The van der Waals surface area contributed by atoms with Crippen LogP contribution in [0.25, 0.3) is 0 Å². The van der Waals surface area contributed by atoms with Crippen molar-refractivity contribution in [2.24, 2.45) is 0 Å². The van der Waals surface area contributed by atoms with E-state index in [1.165, 1.54) is 11.3 Å². The topological polar surface area (TPSA) is 89.6 Å². The summed E-state index contributed by atoms with van der Waals surface area (Å²) in [5, 5.41) is 6.37. The van der Waals surface area contributed by atoms with Gasteiger partial charge in [0.15, 0.2) is 16.6 Å². The Morgan fingerprint density at radius 1 is 1.00 bits per heavy atom. The van der Waals surface area contributed by atoms with Crippen molar-refractivity contribution in [3.8, 4) is 11.5 Å². The van der Waals surface area contributed by atoms with Gasteiger partial charge in [0.2, 0.25) is 5.91 Å². The van der Waals surface area contributed by atoms with Gasteiger partial charge in [-0.15, -0.1) is 11.3 Å². The SMILES string of the molecule is O=C(Nc1nc2c(s1)CCC[C@@H]2C(=O)Nc1ccc2c(c1)OCCO2)c1ccccc1. The van der Waals surface area contributed by atoms with Crippen molar-refractivity contribution in [3.05, 3.63) is 64.7 Å². The first-order chi connectivity index (χ1) is 15.2. The van der Waals surface area contributed by atoms with Crippen LogP contribution in [0.3, 0.4) is 0 Å². The summed E-state index contributed by atoms with van der Waals surface area (Å²) in [5.41, 5.74) is 1.99. The quantitative estimate of drug-likeness (QED) is 0.640. The van der Waals surface area contributed by atoms with Crippen LogP contribution < -0.4 is 20.1 Å². The zero-order chi connectivity index (χ0) is 21.2. The summed E-state index contributed by atoms with van der Waals surface area (Å²) in [6.07, 6.45) is 2.49. The van der Waals surface area contributed by atoms with E-state index >= 15 is 0 Å². The van der Waals surface area contributed by atoms with Crippen LogP contribution in [0.4, 0.5) is 10.8 Å². The minimum Gasteiger partial charge on any atom is -0.486 e. The number of nitrogens with zero attached hydrogens (tertiary/aromatic N) is 1. The largest absolute Gasteiger partial charge is 0.486 e. The number of thiazole rings is 1. The van der Waals surface area contributed by atoms with E-state index < -0.39 is 0 Å². The third-order valence-electron chi connectivity index (χ3n) is 5.34. The van der Waals surface area contributed by atoms with Crippen LogP contribution in [0, 0.1) is 0 Å². The summed E-state index contributed by atoms with van der Waals surface area (Å²) in [6, 6.07) is 14.4. The molecule has 2 aromatic carbocycles. The van der Waals surface area contributed by atoms with Crippen LogP contribution in [0.15, 0.2) is 48.5 Å². The predicted molar refractivity (Wildman–Crippen MR) is 118 cm³/mol. The molecule has 0 fully saturated rings. The van der Waals surface area contributed by atoms with E-state index in [-0.39, 0.29) is 17.7 Å². The Hall–Kier alpha value is -3.39. The number of carbonyl (C=O) groups is 2. The molecule has 7 nitrogen and oxygen atoms in total. The van der Waals surface area contributed by atoms with Gasteiger partial charge in [0.1, 0.15) is 13.2 Å². The molecule has 31 heavy (non-hydrogen) atoms. The molecule has 0 spiro atoms. The maximum atomic E-state index is 13.0. The highest BCUT2D eigenvalue weighted by Gasteiger charge is 2.31. The second-order valence-electron chi connectivity index (χ2n) is 7.44. The Balaban J connectivity index is 1.32. The molecule has 1 aromatic heterocycles. The van der Waals surface area contributed by atoms with Gasteiger partial charge in [-0.1, -0.05) is 18.2 Å². The Labute approximate surface area is 183 Å². The van der Waals surface area contributed by atoms with Crippen LogP contribution in [0.1, 0.15) is 39.7 Å². The minimum atomic E-state index is -0.351. The number of benzene rings is 2. The molecule has 0 saturated carbocycles. The number of hydrogen-bond donors (Lipinski definition) is 2. The van der Waals surface area contributed by atoms with Gasteiger partial charge < -0.3 is 14.8 Å². The number of fused-ring (bicyclic) bond motifs is 2. The molecular formula is C23H21N3O4S. The highest BCUT2D eigenvalue weighted by Crippen LogP contribution is 2.38. The predicted octanol–water partition coefficient (Wildman–Crippen LogP) is 4.23. The standard InChI is InChI=1S/C23H21N3O4S/c27-21(14-5-2-1-3-6-14)26-23-25-20-16(7-4-8-19(20)31-23)22(28)24-15-9-10-17-18(13-15)30-12-11-29-17/h1-3,5-6,9-10,13,16H,4,7-8,11-12H2,(H,24,28)(H,25,26,27)/t16-/m0/s1. The van der Waals surface area contributed by atoms with Crippen molar-refractivity contribution in [2.75, 3.05) is 23.8 Å². The number of rotatable bonds is 4. The Kier molecular flexibility index (Phi) is 5.30. The number of carbonyl (C=O) groups excluding carboxylic acids is 2. The highest BCUT2D eigenvalue weighted by molar-refractivity contribution is 7.16. The van der Waals surface area contributed by atoms with Crippen molar-refractivity contribution in [3.63, 3.8) is 0 Å². The fourth-order valence-corrected chi connectivity index (χ4v) is 4.90. The lowest BCUT2D eigenvalue weighted by Gasteiger charge is -2.22. The van der Waals surface area contributed by atoms with Crippen molar-refractivity contribution >= 4 is 34.0 Å². The van der Waals surface area contributed by atoms with E-state index in [1.807, 2.05) is 24.3 Å². The second-order valence-corrected chi connectivity index (χ2v) is 8.52. The number of anilines is 2. The summed E-state index contributed by atoms with van der Waals surface area (Å²) >= 11 is 1.44. The molecule has 2 amide bonds. The zero-order valence-electron chi connectivity index (χ0n) is 16.7. The van der Waals surface area contributed by atoms with Crippen molar-refractivity contribution < 1.29 is 19.1 Å². The first-order valence-electron chi connectivity index (χ1n) is 10.2. The van der Waals surface area contributed by atoms with E-state index in [9.17, 15) is 9.59 Å². The van der Waals surface area contributed by atoms with Gasteiger partial charge >= 0.3 is 0 Å². The lowest BCUT2D eigenvalue weighted by Crippen LogP contribution is -2.25. The average molecular weight is 436 g/mol. The second kappa shape index (κ2) is 8.39. The van der Waals surface area contributed by atoms with Crippen LogP contribution in [-0.2, 0) is 11.2 Å². The van der Waals surface area contributed by atoms with Crippen LogP contribution in [0.5, 0.6) is 11.5 Å². The fraction of sp³-hybridized carbons (Fsp3) is 0.261. The van der Waals surface area contributed by atoms with Crippen LogP contribution >= 0.6 is 11.3 Å². The molecule has 1 aliphatic heterocycles. The summed E-state index contributed by atoms with van der Waals surface area (Å²) in [7, 11) is 0. The summed E-state index contributed by atoms with van der Waals surface area (Å²) in [4.78, 5) is 31.2. The Morgan fingerprint density at radius 3 is 2.65 bits per heavy atom. The number of amides is 2. The molecule has 3 aromatic rings. The van der Waals surface area contributed by atoms with Gasteiger partial charge in [0.25, 0.3) is 5.91 Å². The van der Waals surface area contributed by atoms with Crippen LogP contribution in [0.2, 0.25) is 0 Å². The number of nitrogens with one attached hydrogen (secondary N) is 2. The third kappa shape index (κ3) is 4.11. The maximum Gasteiger partial charge on any atom is 0.257 e. The smallest absolute Gasteiger partial charge is 0.257 e. The highest BCUT2D eigenvalue weighted by atomic mass is 32.1. The normalized spacial score (nSPS) is 16.8. The molecule has 0 unspecified atom stereocenters. The number of hydrogen-bond acceptors (Lipinski definition) is 6. The lowest BCUT2D eigenvalue weighted by atomic mass is 9.90. The molecule has 0 bridgehead atoms. The molecule has 2 heterocycles. The molecule has 2 aliphatic rings. The van der Waals surface area contributed by atoms with E-state index in [0.29, 0.717) is 41.1 Å². The van der Waals surface area contributed by atoms with E-state index in [1.54, 1.807) is 24.3 Å². The molecule has 158 valence electrons. The summed E-state index contributed by atoms with van der Waals surface area (Å²) in [5.74, 6) is 0.652. The molecular weight excluding hydrogens is 414 g/mol. The Morgan fingerprint density at radius 2 is 1.81 bits per heavy atom. The molecule has 1 atom stereocenters. The minimum absolute atomic E-state index is 0.108. The average Bonchev–Trinajstić information content (AvgIpc) is 3.22. The van der Waals surface area contributed by atoms with Gasteiger partial charge in [-0.05, 0) is 43.5 Å². The van der Waals surface area contributed by atoms with E-state index in [0.717, 1.165) is 29.8 Å². The van der Waals surface area contributed by atoms with Crippen molar-refractivity contribution in [1.29, 1.82) is 0 Å². The first-order valence-corrected chi connectivity index (χ1v) is 11.1. The number of ether oxygens (including phenoxy) is 2. The molecule has 8 heteroatoms. The molecule has 0 radical (unpaired) electrons. The first kappa shape index (κ1) is 19.6. The summed E-state index contributed by atoms with van der Waals surface area (Å²) < 4.78 is 11.1. The molecule has 0 saturated heterocycles. The molecule has 5 rings (SSSR count). The zero-order valence-corrected chi connectivity index (χ0v) is 17.5. The monoisotopic (exact) mass is 435 g/mol. The number of aryl methyl sites for hydroxylation is 1. The van der Waals surface area contributed by atoms with Gasteiger partial charge in [-0.2, -0.15) is 0 Å². The van der Waals surface area contributed by atoms with Gasteiger partial charge in [-0.25, -0.2) is 4.98 Å². The third-order valence-corrected chi connectivity index (χ3v) is 6.38. The number of aromatic nitrogens is 1. The van der Waals surface area contributed by atoms with Crippen molar-refractivity contribution in [1.82, 2.24) is 4.98 Å². The molecule has 2 N–H and O–H groups in total. The van der Waals surface area contributed by atoms with Gasteiger partial charge in [-0.3, -0.25) is 14.9 Å².